The molecule has 1 saturated heterocycles. The molecule has 0 unspecified atom stereocenters. The smallest absolute Gasteiger partial charge is 0.225 e. The molecule has 33 heavy (non-hydrogen) atoms. The Morgan fingerprint density at radius 1 is 0.970 bits per heavy atom. The van der Waals surface area contributed by atoms with E-state index in [1.807, 2.05) is 16.8 Å². The fourth-order valence-corrected chi connectivity index (χ4v) is 4.26. The number of anilines is 2. The third-order valence-electron chi connectivity index (χ3n) is 6.05. The molecule has 4 aromatic heterocycles. The van der Waals surface area contributed by atoms with Gasteiger partial charge in [-0.05, 0) is 36.4 Å². The average Bonchev–Trinajstić information content (AvgIpc) is 3.58. The number of nitrogens with zero attached hydrogens (tertiary/aromatic N) is 8. The summed E-state index contributed by atoms with van der Waals surface area (Å²) in [4.78, 5) is 13.9. The van der Waals surface area contributed by atoms with E-state index < -0.39 is 0 Å². The molecule has 0 bridgehead atoms. The highest BCUT2D eigenvalue weighted by Crippen LogP contribution is 2.24. The summed E-state index contributed by atoms with van der Waals surface area (Å²) in [6, 6.07) is 11.0. The lowest BCUT2D eigenvalue weighted by atomic mass is 10.2. The molecule has 1 aliphatic rings. The summed E-state index contributed by atoms with van der Waals surface area (Å²) in [6.07, 6.45) is 3.35. The van der Waals surface area contributed by atoms with Gasteiger partial charge in [0.1, 0.15) is 5.75 Å². The second kappa shape index (κ2) is 7.78. The SMILES string of the molecule is Nc1nc2c(cnn2CCN2CCN(c3ccc(O)cc3)CC2)c2nc(-c3ccco3)nn12. The Balaban J connectivity index is 1.17. The van der Waals surface area contributed by atoms with Crippen LogP contribution in [-0.4, -0.2) is 72.1 Å². The van der Waals surface area contributed by atoms with Crippen LogP contribution in [0.1, 0.15) is 0 Å². The Morgan fingerprint density at radius 2 is 1.79 bits per heavy atom. The van der Waals surface area contributed by atoms with Crippen LogP contribution in [0.4, 0.5) is 11.6 Å². The van der Waals surface area contributed by atoms with E-state index in [-0.39, 0.29) is 5.95 Å². The Bertz CT molecular complexity index is 1400. The fraction of sp³-hybridized carbons (Fsp3) is 0.273. The first kappa shape index (κ1) is 19.6. The van der Waals surface area contributed by atoms with Crippen LogP contribution in [0, 0.1) is 0 Å². The first-order valence-corrected chi connectivity index (χ1v) is 10.8. The summed E-state index contributed by atoms with van der Waals surface area (Å²) in [6.45, 7) is 5.34. The molecular weight excluding hydrogens is 422 g/mol. The van der Waals surface area contributed by atoms with Gasteiger partial charge in [-0.3, -0.25) is 4.90 Å². The summed E-state index contributed by atoms with van der Waals surface area (Å²) >= 11 is 0. The molecule has 0 aliphatic carbocycles. The maximum Gasteiger partial charge on any atom is 0.225 e. The molecule has 3 N–H and O–H groups in total. The van der Waals surface area contributed by atoms with Crippen LogP contribution in [0.25, 0.3) is 28.3 Å². The van der Waals surface area contributed by atoms with Crippen molar-refractivity contribution in [3.63, 3.8) is 0 Å². The maximum atomic E-state index is 9.49. The number of hydrogen-bond acceptors (Lipinski definition) is 9. The van der Waals surface area contributed by atoms with Gasteiger partial charge in [0, 0.05) is 38.4 Å². The van der Waals surface area contributed by atoms with E-state index in [1.165, 1.54) is 4.52 Å². The van der Waals surface area contributed by atoms with Crippen LogP contribution in [-0.2, 0) is 6.54 Å². The van der Waals surface area contributed by atoms with Crippen molar-refractivity contribution in [2.75, 3.05) is 43.4 Å². The molecule has 5 heterocycles. The molecule has 11 nitrogen and oxygen atoms in total. The van der Waals surface area contributed by atoms with E-state index in [4.69, 9.17) is 10.2 Å². The lowest BCUT2D eigenvalue weighted by Crippen LogP contribution is -2.47. The van der Waals surface area contributed by atoms with Gasteiger partial charge in [0.05, 0.1) is 24.4 Å². The zero-order valence-corrected chi connectivity index (χ0v) is 17.9. The normalized spacial score (nSPS) is 15.1. The zero-order valence-electron chi connectivity index (χ0n) is 17.9. The van der Waals surface area contributed by atoms with Crippen LogP contribution in [0.2, 0.25) is 0 Å². The summed E-state index contributed by atoms with van der Waals surface area (Å²) in [5, 5.41) is 19.3. The number of nitrogen functional groups attached to an aromatic ring is 1. The molecule has 0 atom stereocenters. The largest absolute Gasteiger partial charge is 0.508 e. The van der Waals surface area contributed by atoms with Gasteiger partial charge in [-0.25, -0.2) is 9.67 Å². The first-order chi connectivity index (χ1) is 16.2. The molecule has 11 heteroatoms. The van der Waals surface area contributed by atoms with Gasteiger partial charge in [0.2, 0.25) is 11.8 Å². The highest BCUT2D eigenvalue weighted by atomic mass is 16.3. The second-order valence-electron chi connectivity index (χ2n) is 8.07. The van der Waals surface area contributed by atoms with Crippen LogP contribution in [0.3, 0.4) is 0 Å². The number of hydrogen-bond donors (Lipinski definition) is 2. The molecule has 1 aromatic carbocycles. The van der Waals surface area contributed by atoms with Gasteiger partial charge in [-0.15, -0.1) is 5.10 Å². The number of furan rings is 1. The maximum absolute atomic E-state index is 9.49. The Morgan fingerprint density at radius 3 is 2.55 bits per heavy atom. The topological polar surface area (TPSA) is 127 Å². The highest BCUT2D eigenvalue weighted by Gasteiger charge is 2.20. The number of aromatic nitrogens is 6. The number of piperazine rings is 1. The van der Waals surface area contributed by atoms with Crippen molar-refractivity contribution < 1.29 is 9.52 Å². The number of nitrogens with two attached hydrogens (primary N) is 1. The minimum atomic E-state index is 0.257. The van der Waals surface area contributed by atoms with E-state index in [2.05, 4.69) is 30.0 Å². The first-order valence-electron chi connectivity index (χ1n) is 10.8. The number of aromatic hydroxyl groups is 1. The highest BCUT2D eigenvalue weighted by molar-refractivity contribution is 5.90. The van der Waals surface area contributed by atoms with Crippen molar-refractivity contribution in [3.8, 4) is 17.3 Å². The molecule has 0 saturated carbocycles. The van der Waals surface area contributed by atoms with E-state index >= 15 is 0 Å². The molecule has 1 fully saturated rings. The number of benzene rings is 1. The van der Waals surface area contributed by atoms with Crippen LogP contribution in [0.5, 0.6) is 5.75 Å². The molecule has 6 rings (SSSR count). The molecule has 0 radical (unpaired) electrons. The van der Waals surface area contributed by atoms with Gasteiger partial charge >= 0.3 is 0 Å². The van der Waals surface area contributed by atoms with E-state index in [0.717, 1.165) is 43.8 Å². The molecule has 1 aliphatic heterocycles. The van der Waals surface area contributed by atoms with E-state index in [1.54, 1.807) is 36.7 Å². The molecular formula is C22H23N9O2. The molecule has 5 aromatic rings. The molecule has 0 amide bonds. The summed E-state index contributed by atoms with van der Waals surface area (Å²) in [7, 11) is 0. The fourth-order valence-electron chi connectivity index (χ4n) is 4.26. The van der Waals surface area contributed by atoms with Crippen molar-refractivity contribution in [1.29, 1.82) is 0 Å². The van der Waals surface area contributed by atoms with Crippen molar-refractivity contribution in [2.24, 2.45) is 0 Å². The van der Waals surface area contributed by atoms with Gasteiger partial charge < -0.3 is 20.2 Å². The quantitative estimate of drug-likeness (QED) is 0.417. The molecule has 0 spiro atoms. The van der Waals surface area contributed by atoms with Gasteiger partial charge in [0.15, 0.2) is 17.1 Å². The summed E-state index contributed by atoms with van der Waals surface area (Å²) in [5.74, 6) is 1.58. The number of rotatable bonds is 5. The lowest BCUT2D eigenvalue weighted by Gasteiger charge is -2.36. The molecule has 168 valence electrons. The Kier molecular flexibility index (Phi) is 4.61. The number of phenols is 1. The Labute approximate surface area is 188 Å². The predicted octanol–water partition coefficient (Wildman–Crippen LogP) is 1.84. The van der Waals surface area contributed by atoms with E-state index in [0.29, 0.717) is 35.2 Å². The third kappa shape index (κ3) is 3.52. The second-order valence-corrected chi connectivity index (χ2v) is 8.07. The number of phenolic OH excluding ortho intramolecular Hbond substituents is 1. The minimum absolute atomic E-state index is 0.257. The Hall–Kier alpha value is -4.12. The van der Waals surface area contributed by atoms with Crippen molar-refractivity contribution in [3.05, 3.63) is 48.9 Å². The van der Waals surface area contributed by atoms with E-state index in [9.17, 15) is 5.11 Å². The van der Waals surface area contributed by atoms with Crippen LogP contribution < -0.4 is 10.6 Å². The van der Waals surface area contributed by atoms with Crippen LogP contribution >= 0.6 is 0 Å². The predicted molar refractivity (Wildman–Crippen MR) is 123 cm³/mol. The summed E-state index contributed by atoms with van der Waals surface area (Å²) < 4.78 is 8.81. The van der Waals surface area contributed by atoms with Gasteiger partial charge in [-0.2, -0.15) is 14.6 Å². The minimum Gasteiger partial charge on any atom is -0.508 e. The average molecular weight is 445 g/mol. The third-order valence-corrected chi connectivity index (χ3v) is 6.05. The van der Waals surface area contributed by atoms with Crippen molar-refractivity contribution >= 4 is 28.3 Å². The van der Waals surface area contributed by atoms with Crippen molar-refractivity contribution in [1.82, 2.24) is 34.3 Å². The van der Waals surface area contributed by atoms with Crippen molar-refractivity contribution in [2.45, 2.75) is 6.54 Å². The van der Waals surface area contributed by atoms with Crippen LogP contribution in [0.15, 0.2) is 53.3 Å². The number of fused-ring (bicyclic) bond motifs is 3. The monoisotopic (exact) mass is 445 g/mol. The van der Waals surface area contributed by atoms with Gasteiger partial charge in [0.25, 0.3) is 0 Å². The lowest BCUT2D eigenvalue weighted by molar-refractivity contribution is 0.245. The standard InChI is InChI=1S/C22H23N9O2/c23-22-26-20-17(21-25-19(27-31(21)22)18-2-1-13-33-18)14-24-30(20)12-9-28-7-10-29(11-8-28)15-3-5-16(32)6-4-15/h1-6,13-14,32H,7-12H2,(H2,23,26). The summed E-state index contributed by atoms with van der Waals surface area (Å²) in [5.41, 5.74) is 8.62. The van der Waals surface area contributed by atoms with Gasteiger partial charge in [-0.1, -0.05) is 0 Å². The zero-order chi connectivity index (χ0) is 22.4.